The van der Waals surface area contributed by atoms with Crippen LogP contribution in [-0.4, -0.2) is 22.4 Å². The van der Waals surface area contributed by atoms with Gasteiger partial charge in [0.2, 0.25) is 0 Å². The van der Waals surface area contributed by atoms with E-state index in [2.05, 4.69) is 35.6 Å². The summed E-state index contributed by atoms with van der Waals surface area (Å²) in [4.78, 5) is 0. The second-order valence-electron chi connectivity index (χ2n) is 5.56. The number of ether oxygens (including phenoxy) is 1. The summed E-state index contributed by atoms with van der Waals surface area (Å²) in [6.07, 6.45) is 5.94. The fourth-order valence-electron chi connectivity index (χ4n) is 2.78. The molecule has 2 unspecified atom stereocenters. The summed E-state index contributed by atoms with van der Waals surface area (Å²) in [5.74, 6) is 0. The number of fused-ring (bicyclic) bond motifs is 1. The van der Waals surface area contributed by atoms with Gasteiger partial charge in [-0.05, 0) is 36.5 Å². The number of nitrogens with two attached hydrogens (primary N) is 1. The van der Waals surface area contributed by atoms with Crippen molar-refractivity contribution in [2.24, 2.45) is 5.73 Å². The Kier molecular flexibility index (Phi) is 3.85. The van der Waals surface area contributed by atoms with Crippen molar-refractivity contribution in [3.8, 4) is 0 Å². The van der Waals surface area contributed by atoms with Gasteiger partial charge in [0, 0.05) is 12.2 Å². The van der Waals surface area contributed by atoms with E-state index in [1.54, 1.807) is 0 Å². The van der Waals surface area contributed by atoms with Gasteiger partial charge >= 0.3 is 0 Å². The lowest BCUT2D eigenvalue weighted by atomic mass is 9.98. The molecule has 3 rings (SSSR count). The average molecular weight is 271 g/mol. The first-order valence-electron chi connectivity index (χ1n) is 7.18. The molecule has 0 amide bonds. The Hall–Kier alpha value is -1.65. The van der Waals surface area contributed by atoms with Crippen LogP contribution in [0.25, 0.3) is 0 Å². The van der Waals surface area contributed by atoms with Crippen molar-refractivity contribution in [2.45, 2.75) is 38.5 Å². The van der Waals surface area contributed by atoms with E-state index in [1.165, 1.54) is 16.7 Å². The molecule has 2 aromatic rings. The van der Waals surface area contributed by atoms with Gasteiger partial charge in [-0.25, -0.2) is 0 Å². The largest absolute Gasteiger partial charge is 0.371 e. The second-order valence-corrected chi connectivity index (χ2v) is 5.56. The number of aromatic nitrogens is 2. The highest BCUT2D eigenvalue weighted by molar-refractivity contribution is 5.30. The maximum Gasteiger partial charge on any atom is 0.102 e. The van der Waals surface area contributed by atoms with Gasteiger partial charge in [-0.2, -0.15) is 5.10 Å². The molecule has 0 aliphatic carbocycles. The van der Waals surface area contributed by atoms with Gasteiger partial charge in [0.05, 0.1) is 19.3 Å². The fourth-order valence-corrected chi connectivity index (χ4v) is 2.78. The monoisotopic (exact) mass is 271 g/mol. The summed E-state index contributed by atoms with van der Waals surface area (Å²) >= 11 is 0. The van der Waals surface area contributed by atoms with Gasteiger partial charge in [0.25, 0.3) is 0 Å². The van der Waals surface area contributed by atoms with Crippen molar-refractivity contribution in [3.63, 3.8) is 0 Å². The molecule has 1 aliphatic rings. The maximum atomic E-state index is 5.91. The lowest BCUT2D eigenvalue weighted by molar-refractivity contribution is 0.0283. The molecule has 2 heterocycles. The number of benzene rings is 1. The molecule has 0 spiro atoms. The van der Waals surface area contributed by atoms with E-state index >= 15 is 0 Å². The molecule has 0 radical (unpaired) electrons. The zero-order chi connectivity index (χ0) is 13.9. The lowest BCUT2D eigenvalue weighted by Gasteiger charge is -2.25. The van der Waals surface area contributed by atoms with Crippen LogP contribution < -0.4 is 5.73 Å². The molecule has 1 aliphatic heterocycles. The molecule has 20 heavy (non-hydrogen) atoms. The van der Waals surface area contributed by atoms with Crippen molar-refractivity contribution in [2.75, 3.05) is 6.61 Å². The molecule has 2 N–H and O–H groups in total. The molecule has 4 heteroatoms. The molecule has 1 aromatic carbocycles. The quantitative estimate of drug-likeness (QED) is 0.926. The minimum Gasteiger partial charge on any atom is -0.371 e. The Morgan fingerprint density at radius 1 is 1.45 bits per heavy atom. The van der Waals surface area contributed by atoms with Crippen molar-refractivity contribution >= 4 is 0 Å². The van der Waals surface area contributed by atoms with E-state index in [-0.39, 0.29) is 12.1 Å². The predicted octanol–water partition coefficient (Wildman–Crippen LogP) is 2.09. The molecule has 0 saturated heterocycles. The van der Waals surface area contributed by atoms with E-state index in [0.29, 0.717) is 0 Å². The predicted molar refractivity (Wildman–Crippen MR) is 78.4 cm³/mol. The summed E-state index contributed by atoms with van der Waals surface area (Å²) in [5.41, 5.74) is 9.69. The van der Waals surface area contributed by atoms with E-state index in [1.807, 2.05) is 17.8 Å². The molecular formula is C16H21N3O. The Balaban J connectivity index is 1.74. The number of rotatable bonds is 4. The van der Waals surface area contributed by atoms with E-state index in [0.717, 1.165) is 26.0 Å². The normalized spacial score (nSPS) is 19.6. The summed E-state index contributed by atoms with van der Waals surface area (Å²) in [5, 5.41) is 4.42. The third-order valence-electron chi connectivity index (χ3n) is 3.69. The van der Waals surface area contributed by atoms with Crippen LogP contribution in [0, 0.1) is 0 Å². The van der Waals surface area contributed by atoms with Crippen LogP contribution in [0.2, 0.25) is 0 Å². The zero-order valence-corrected chi connectivity index (χ0v) is 11.8. The third-order valence-corrected chi connectivity index (χ3v) is 3.69. The van der Waals surface area contributed by atoms with Crippen molar-refractivity contribution < 1.29 is 4.74 Å². The highest BCUT2D eigenvalue weighted by Gasteiger charge is 2.21. The lowest BCUT2D eigenvalue weighted by Crippen LogP contribution is -2.21. The average Bonchev–Trinajstić information content (AvgIpc) is 2.86. The molecule has 1 aromatic heterocycles. The number of nitrogens with zero attached hydrogens (tertiary/aromatic N) is 2. The first-order chi connectivity index (χ1) is 9.72. The van der Waals surface area contributed by atoms with E-state index in [9.17, 15) is 0 Å². The minimum absolute atomic E-state index is 0.1000. The SMILES string of the molecule is CC(N)Cc1cnn(CC2OCCc3ccccc32)c1. The smallest absolute Gasteiger partial charge is 0.102 e. The Bertz CT molecular complexity index is 577. The van der Waals surface area contributed by atoms with Crippen LogP contribution in [-0.2, 0) is 24.1 Å². The number of hydrogen-bond acceptors (Lipinski definition) is 3. The Labute approximate surface area is 119 Å². The molecule has 106 valence electrons. The van der Waals surface area contributed by atoms with Gasteiger partial charge in [-0.3, -0.25) is 4.68 Å². The van der Waals surface area contributed by atoms with Crippen LogP contribution in [0.1, 0.15) is 29.7 Å². The van der Waals surface area contributed by atoms with Gasteiger partial charge in [0.15, 0.2) is 0 Å². The van der Waals surface area contributed by atoms with Crippen LogP contribution in [0.3, 0.4) is 0 Å². The zero-order valence-electron chi connectivity index (χ0n) is 11.8. The van der Waals surface area contributed by atoms with Crippen molar-refractivity contribution in [1.29, 1.82) is 0 Å². The van der Waals surface area contributed by atoms with Crippen LogP contribution in [0.15, 0.2) is 36.7 Å². The first kappa shape index (κ1) is 13.3. The number of hydrogen-bond donors (Lipinski definition) is 1. The van der Waals surface area contributed by atoms with E-state index in [4.69, 9.17) is 10.5 Å². The van der Waals surface area contributed by atoms with Crippen LogP contribution in [0.5, 0.6) is 0 Å². The van der Waals surface area contributed by atoms with Gasteiger partial charge in [-0.15, -0.1) is 0 Å². The van der Waals surface area contributed by atoms with Crippen LogP contribution >= 0.6 is 0 Å². The second kappa shape index (κ2) is 5.77. The molecular weight excluding hydrogens is 250 g/mol. The molecule has 4 nitrogen and oxygen atoms in total. The first-order valence-corrected chi connectivity index (χ1v) is 7.18. The standard InChI is InChI=1S/C16H21N3O/c1-12(17)8-13-9-18-19(10-13)11-16-15-5-3-2-4-14(15)6-7-20-16/h2-5,9-10,12,16H,6-8,11,17H2,1H3. The van der Waals surface area contributed by atoms with Gasteiger partial charge < -0.3 is 10.5 Å². The summed E-state index contributed by atoms with van der Waals surface area (Å²) in [6, 6.07) is 8.68. The van der Waals surface area contributed by atoms with Crippen LogP contribution in [0.4, 0.5) is 0 Å². The van der Waals surface area contributed by atoms with Crippen molar-refractivity contribution in [3.05, 3.63) is 53.3 Å². The van der Waals surface area contributed by atoms with Gasteiger partial charge in [-0.1, -0.05) is 24.3 Å². The minimum atomic E-state index is 0.1000. The Morgan fingerprint density at radius 2 is 2.30 bits per heavy atom. The van der Waals surface area contributed by atoms with E-state index < -0.39 is 0 Å². The molecule has 0 saturated carbocycles. The summed E-state index contributed by atoms with van der Waals surface area (Å²) < 4.78 is 7.88. The molecule has 2 atom stereocenters. The third kappa shape index (κ3) is 2.92. The summed E-state index contributed by atoms with van der Waals surface area (Å²) in [7, 11) is 0. The maximum absolute atomic E-state index is 5.91. The van der Waals surface area contributed by atoms with Gasteiger partial charge in [0.1, 0.15) is 6.10 Å². The fraction of sp³-hybridized carbons (Fsp3) is 0.438. The highest BCUT2D eigenvalue weighted by atomic mass is 16.5. The topological polar surface area (TPSA) is 53.1 Å². The highest BCUT2D eigenvalue weighted by Crippen LogP contribution is 2.28. The molecule has 0 bridgehead atoms. The van der Waals surface area contributed by atoms with Crippen molar-refractivity contribution in [1.82, 2.24) is 9.78 Å². The molecule has 0 fully saturated rings. The summed E-state index contributed by atoms with van der Waals surface area (Å²) in [6.45, 7) is 3.56. The Morgan fingerprint density at radius 3 is 3.15 bits per heavy atom.